The number of nitrogens with one attached hydrogen (secondary N) is 2. The molecule has 1 aromatic heterocycles. The molecule has 1 aliphatic rings. The number of piperidine rings is 1. The molecule has 1 fully saturated rings. The molecule has 2 amide bonds. The van der Waals surface area contributed by atoms with Crippen LogP contribution in [-0.2, 0) is 4.79 Å². The van der Waals surface area contributed by atoms with Crippen molar-refractivity contribution in [2.24, 2.45) is 0 Å². The van der Waals surface area contributed by atoms with Crippen molar-refractivity contribution < 1.29 is 9.59 Å². The van der Waals surface area contributed by atoms with Gasteiger partial charge in [-0.3, -0.25) is 9.59 Å². The number of carbonyl (C=O) groups excluding carboxylic acids is 2. The quantitative estimate of drug-likeness (QED) is 0.809. The zero-order chi connectivity index (χ0) is 11.5. The molecular formula is C11H14N2O2S. The van der Waals surface area contributed by atoms with Gasteiger partial charge in [0.25, 0.3) is 5.91 Å². The Hall–Kier alpha value is -1.36. The Bertz CT molecular complexity index is 404. The first-order chi connectivity index (χ1) is 7.66. The third-order valence-electron chi connectivity index (χ3n) is 2.70. The summed E-state index contributed by atoms with van der Waals surface area (Å²) in [7, 11) is 0. The lowest BCUT2D eigenvalue weighted by Gasteiger charge is -2.23. The summed E-state index contributed by atoms with van der Waals surface area (Å²) in [4.78, 5) is 22.8. The molecule has 1 unspecified atom stereocenters. The average molecular weight is 238 g/mol. The first kappa shape index (κ1) is 11.1. The highest BCUT2D eigenvalue weighted by Crippen LogP contribution is 2.14. The van der Waals surface area contributed by atoms with E-state index in [1.165, 1.54) is 11.3 Å². The van der Waals surface area contributed by atoms with Gasteiger partial charge in [0.1, 0.15) is 0 Å². The van der Waals surface area contributed by atoms with E-state index in [1.807, 2.05) is 17.7 Å². The predicted octanol–water partition coefficient (Wildman–Crippen LogP) is 1.06. The highest BCUT2D eigenvalue weighted by molar-refractivity contribution is 7.08. The lowest BCUT2D eigenvalue weighted by Crippen LogP contribution is -2.47. The molecule has 2 heterocycles. The van der Waals surface area contributed by atoms with Crippen molar-refractivity contribution in [2.45, 2.75) is 25.8 Å². The Kier molecular flexibility index (Phi) is 3.24. The minimum Gasteiger partial charge on any atom is -0.354 e. The molecule has 0 aliphatic carbocycles. The fourth-order valence-electron chi connectivity index (χ4n) is 1.71. The Morgan fingerprint density at radius 3 is 2.94 bits per heavy atom. The van der Waals surface area contributed by atoms with E-state index in [-0.39, 0.29) is 17.9 Å². The van der Waals surface area contributed by atoms with Crippen LogP contribution in [0.3, 0.4) is 0 Å². The fourth-order valence-corrected chi connectivity index (χ4v) is 2.54. The molecule has 1 saturated heterocycles. The molecule has 0 spiro atoms. The maximum absolute atomic E-state index is 11.9. The highest BCUT2D eigenvalue weighted by atomic mass is 32.1. The van der Waals surface area contributed by atoms with E-state index in [4.69, 9.17) is 0 Å². The van der Waals surface area contributed by atoms with Crippen LogP contribution in [0.15, 0.2) is 10.8 Å². The standard InChI is InChI=1S/C11H14N2O2S/c1-7-5-16-6-9(7)11(15)13-8-2-3-10(14)12-4-8/h5-6,8H,2-4H2,1H3,(H,12,14)(H,13,15). The molecule has 86 valence electrons. The summed E-state index contributed by atoms with van der Waals surface area (Å²) in [5, 5.41) is 9.49. The SMILES string of the molecule is Cc1cscc1C(=O)NC1CCC(=O)NC1. The van der Waals surface area contributed by atoms with E-state index >= 15 is 0 Å². The zero-order valence-electron chi connectivity index (χ0n) is 9.08. The van der Waals surface area contributed by atoms with Crippen LogP contribution in [0.4, 0.5) is 0 Å². The highest BCUT2D eigenvalue weighted by Gasteiger charge is 2.20. The summed E-state index contributed by atoms with van der Waals surface area (Å²) in [5.41, 5.74) is 1.74. The topological polar surface area (TPSA) is 58.2 Å². The normalized spacial score (nSPS) is 20.3. The van der Waals surface area contributed by atoms with Crippen LogP contribution in [0.25, 0.3) is 0 Å². The third kappa shape index (κ3) is 2.41. The minimum absolute atomic E-state index is 0.0418. The van der Waals surface area contributed by atoms with E-state index in [9.17, 15) is 9.59 Å². The first-order valence-corrected chi connectivity index (χ1v) is 6.21. The second kappa shape index (κ2) is 4.65. The van der Waals surface area contributed by atoms with Crippen LogP contribution in [0.5, 0.6) is 0 Å². The van der Waals surface area contributed by atoms with Crippen molar-refractivity contribution in [1.82, 2.24) is 10.6 Å². The number of carbonyl (C=O) groups is 2. The lowest BCUT2D eigenvalue weighted by atomic mass is 10.1. The van der Waals surface area contributed by atoms with Gasteiger partial charge in [-0.05, 0) is 24.3 Å². The van der Waals surface area contributed by atoms with Crippen molar-refractivity contribution >= 4 is 23.2 Å². The first-order valence-electron chi connectivity index (χ1n) is 5.27. The Morgan fingerprint density at radius 1 is 1.56 bits per heavy atom. The van der Waals surface area contributed by atoms with Crippen molar-refractivity contribution in [2.75, 3.05) is 6.54 Å². The van der Waals surface area contributed by atoms with Crippen molar-refractivity contribution in [3.8, 4) is 0 Å². The monoisotopic (exact) mass is 238 g/mol. The molecule has 1 aromatic rings. The van der Waals surface area contributed by atoms with Gasteiger partial charge < -0.3 is 10.6 Å². The van der Waals surface area contributed by atoms with E-state index in [2.05, 4.69) is 10.6 Å². The number of amides is 2. The van der Waals surface area contributed by atoms with Crippen molar-refractivity contribution in [3.05, 3.63) is 21.9 Å². The summed E-state index contributed by atoms with van der Waals surface area (Å²) >= 11 is 1.53. The molecule has 0 radical (unpaired) electrons. The largest absolute Gasteiger partial charge is 0.354 e. The molecule has 1 aliphatic heterocycles. The summed E-state index contributed by atoms with van der Waals surface area (Å²) in [6.45, 7) is 2.46. The zero-order valence-corrected chi connectivity index (χ0v) is 9.89. The number of rotatable bonds is 2. The van der Waals surface area contributed by atoms with Crippen LogP contribution in [0.1, 0.15) is 28.8 Å². The van der Waals surface area contributed by atoms with Gasteiger partial charge in [-0.15, -0.1) is 0 Å². The molecular weight excluding hydrogens is 224 g/mol. The predicted molar refractivity (Wildman–Crippen MR) is 62.6 cm³/mol. The second-order valence-corrected chi connectivity index (χ2v) is 4.73. The molecule has 2 rings (SSSR count). The van der Waals surface area contributed by atoms with Crippen LogP contribution in [0.2, 0.25) is 0 Å². The maximum Gasteiger partial charge on any atom is 0.252 e. The van der Waals surface area contributed by atoms with Crippen molar-refractivity contribution in [1.29, 1.82) is 0 Å². The molecule has 4 nitrogen and oxygen atoms in total. The van der Waals surface area contributed by atoms with E-state index in [0.717, 1.165) is 17.5 Å². The molecule has 0 aromatic carbocycles. The third-order valence-corrected chi connectivity index (χ3v) is 3.56. The van der Waals surface area contributed by atoms with Gasteiger partial charge in [0.2, 0.25) is 5.91 Å². The van der Waals surface area contributed by atoms with Crippen LogP contribution in [-0.4, -0.2) is 24.4 Å². The van der Waals surface area contributed by atoms with Crippen LogP contribution in [0, 0.1) is 6.92 Å². The minimum atomic E-state index is -0.0418. The Morgan fingerprint density at radius 2 is 2.38 bits per heavy atom. The molecule has 16 heavy (non-hydrogen) atoms. The number of hydrogen-bond acceptors (Lipinski definition) is 3. The Balaban J connectivity index is 1.93. The smallest absolute Gasteiger partial charge is 0.252 e. The van der Waals surface area contributed by atoms with E-state index in [0.29, 0.717) is 13.0 Å². The van der Waals surface area contributed by atoms with Gasteiger partial charge in [-0.25, -0.2) is 0 Å². The van der Waals surface area contributed by atoms with Crippen molar-refractivity contribution in [3.63, 3.8) is 0 Å². The molecule has 0 saturated carbocycles. The fraction of sp³-hybridized carbons (Fsp3) is 0.455. The van der Waals surface area contributed by atoms with Gasteiger partial charge >= 0.3 is 0 Å². The molecule has 1 atom stereocenters. The lowest BCUT2D eigenvalue weighted by molar-refractivity contribution is -0.122. The number of hydrogen-bond donors (Lipinski definition) is 2. The Labute approximate surface area is 98.0 Å². The van der Waals surface area contributed by atoms with Gasteiger partial charge in [-0.1, -0.05) is 0 Å². The van der Waals surface area contributed by atoms with Crippen LogP contribution >= 0.6 is 11.3 Å². The molecule has 0 bridgehead atoms. The maximum atomic E-state index is 11.9. The molecule has 5 heteroatoms. The summed E-state index contributed by atoms with van der Waals surface area (Å²) in [6, 6.07) is 0.0597. The van der Waals surface area contributed by atoms with Gasteiger partial charge in [0, 0.05) is 24.4 Å². The second-order valence-electron chi connectivity index (χ2n) is 3.98. The molecule has 2 N–H and O–H groups in total. The summed E-state index contributed by atoms with van der Waals surface area (Å²) in [6.07, 6.45) is 1.22. The van der Waals surface area contributed by atoms with Gasteiger partial charge in [0.05, 0.1) is 5.56 Å². The average Bonchev–Trinajstić information content (AvgIpc) is 2.68. The van der Waals surface area contributed by atoms with Gasteiger partial charge in [-0.2, -0.15) is 11.3 Å². The van der Waals surface area contributed by atoms with Crippen LogP contribution < -0.4 is 10.6 Å². The number of aryl methyl sites for hydroxylation is 1. The van der Waals surface area contributed by atoms with Gasteiger partial charge in [0.15, 0.2) is 0 Å². The van der Waals surface area contributed by atoms with E-state index in [1.54, 1.807) is 0 Å². The number of thiophene rings is 1. The summed E-state index contributed by atoms with van der Waals surface area (Å²) < 4.78 is 0. The summed E-state index contributed by atoms with van der Waals surface area (Å²) in [5.74, 6) is 0.0251. The van der Waals surface area contributed by atoms with E-state index < -0.39 is 0 Å².